The standard InChI is InChI=1S/C15H10Br2ClFO2/c16-14(8-2-1-3-11(19)15(8)17)9-6-12-13(7-10(9)18)21-5-4-20-12/h1-3,6-7,14H,4-5H2. The third-order valence-corrected chi connectivity index (χ3v) is 5.34. The minimum atomic E-state index is -0.314. The molecule has 0 saturated heterocycles. The molecule has 0 saturated carbocycles. The number of rotatable bonds is 2. The molecule has 0 spiro atoms. The van der Waals surface area contributed by atoms with Crippen LogP contribution in [0.3, 0.4) is 0 Å². The van der Waals surface area contributed by atoms with Gasteiger partial charge in [-0.25, -0.2) is 4.39 Å². The zero-order chi connectivity index (χ0) is 15.0. The van der Waals surface area contributed by atoms with E-state index in [9.17, 15) is 4.39 Å². The van der Waals surface area contributed by atoms with Gasteiger partial charge in [0.25, 0.3) is 0 Å². The van der Waals surface area contributed by atoms with Gasteiger partial charge in [-0.1, -0.05) is 39.7 Å². The van der Waals surface area contributed by atoms with Crippen LogP contribution in [0.15, 0.2) is 34.8 Å². The minimum absolute atomic E-state index is 0.258. The highest BCUT2D eigenvalue weighted by atomic mass is 79.9. The third kappa shape index (κ3) is 2.91. The number of alkyl halides is 1. The highest BCUT2D eigenvalue weighted by molar-refractivity contribution is 9.11. The fraction of sp³-hybridized carbons (Fsp3) is 0.200. The van der Waals surface area contributed by atoms with Crippen LogP contribution in [0.4, 0.5) is 4.39 Å². The van der Waals surface area contributed by atoms with E-state index in [-0.39, 0.29) is 10.6 Å². The molecule has 2 aromatic carbocycles. The Morgan fingerprint density at radius 2 is 1.76 bits per heavy atom. The summed E-state index contributed by atoms with van der Waals surface area (Å²) < 4.78 is 25.2. The van der Waals surface area contributed by atoms with E-state index in [1.807, 2.05) is 12.1 Å². The lowest BCUT2D eigenvalue weighted by Gasteiger charge is -2.22. The summed E-state index contributed by atoms with van der Waals surface area (Å²) in [5.41, 5.74) is 1.56. The van der Waals surface area contributed by atoms with Crippen LogP contribution < -0.4 is 9.47 Å². The first kappa shape index (κ1) is 15.1. The molecule has 6 heteroatoms. The molecule has 0 radical (unpaired) electrons. The van der Waals surface area contributed by atoms with Crippen LogP contribution in [0.1, 0.15) is 16.0 Å². The first-order valence-electron chi connectivity index (χ1n) is 6.25. The first-order valence-corrected chi connectivity index (χ1v) is 8.33. The van der Waals surface area contributed by atoms with Gasteiger partial charge in [-0.15, -0.1) is 0 Å². The first-order chi connectivity index (χ1) is 10.1. The second-order valence-corrected chi connectivity index (χ2v) is 6.64. The molecule has 1 heterocycles. The third-order valence-electron chi connectivity index (χ3n) is 3.19. The average Bonchev–Trinajstić information content (AvgIpc) is 2.48. The van der Waals surface area contributed by atoms with Gasteiger partial charge in [0.2, 0.25) is 0 Å². The van der Waals surface area contributed by atoms with Gasteiger partial charge in [-0.05, 0) is 39.2 Å². The summed E-state index contributed by atoms with van der Waals surface area (Å²) in [6, 6.07) is 8.45. The van der Waals surface area contributed by atoms with Gasteiger partial charge in [0.15, 0.2) is 11.5 Å². The molecule has 0 bridgehead atoms. The minimum Gasteiger partial charge on any atom is -0.486 e. The van der Waals surface area contributed by atoms with Crippen LogP contribution in [0, 0.1) is 5.82 Å². The maximum absolute atomic E-state index is 13.7. The van der Waals surface area contributed by atoms with Crippen molar-refractivity contribution in [1.82, 2.24) is 0 Å². The monoisotopic (exact) mass is 434 g/mol. The van der Waals surface area contributed by atoms with Crippen molar-refractivity contribution in [3.05, 3.63) is 56.8 Å². The Morgan fingerprint density at radius 3 is 2.48 bits per heavy atom. The maximum atomic E-state index is 13.7. The summed E-state index contributed by atoms with van der Waals surface area (Å²) >= 11 is 13.2. The van der Waals surface area contributed by atoms with E-state index in [0.717, 1.165) is 11.1 Å². The lowest BCUT2D eigenvalue weighted by Crippen LogP contribution is -2.15. The van der Waals surface area contributed by atoms with E-state index >= 15 is 0 Å². The quantitative estimate of drug-likeness (QED) is 0.579. The van der Waals surface area contributed by atoms with Crippen molar-refractivity contribution in [1.29, 1.82) is 0 Å². The summed E-state index contributed by atoms with van der Waals surface area (Å²) in [5, 5.41) is 0.539. The number of hydrogen-bond donors (Lipinski definition) is 0. The molecule has 1 atom stereocenters. The van der Waals surface area contributed by atoms with Gasteiger partial charge in [0.1, 0.15) is 19.0 Å². The van der Waals surface area contributed by atoms with Gasteiger partial charge < -0.3 is 9.47 Å². The molecule has 0 amide bonds. The predicted molar refractivity (Wildman–Crippen MR) is 87.3 cm³/mol. The maximum Gasteiger partial charge on any atom is 0.162 e. The highest BCUT2D eigenvalue weighted by Crippen LogP contribution is 2.44. The topological polar surface area (TPSA) is 18.5 Å². The summed E-state index contributed by atoms with van der Waals surface area (Å²) in [6.45, 7) is 1.01. The van der Waals surface area contributed by atoms with Crippen molar-refractivity contribution < 1.29 is 13.9 Å². The van der Waals surface area contributed by atoms with Crippen LogP contribution >= 0.6 is 43.5 Å². The molecule has 0 N–H and O–H groups in total. The molecule has 2 nitrogen and oxygen atoms in total. The Bertz CT molecular complexity index is 694. The fourth-order valence-electron chi connectivity index (χ4n) is 2.16. The van der Waals surface area contributed by atoms with Crippen molar-refractivity contribution in [2.45, 2.75) is 4.83 Å². The van der Waals surface area contributed by atoms with Gasteiger partial charge in [-0.2, -0.15) is 0 Å². The van der Waals surface area contributed by atoms with Crippen molar-refractivity contribution in [2.24, 2.45) is 0 Å². The normalized spacial score (nSPS) is 14.9. The molecule has 1 unspecified atom stereocenters. The smallest absolute Gasteiger partial charge is 0.162 e. The predicted octanol–water partition coefficient (Wildman–Crippen LogP) is 5.50. The number of fused-ring (bicyclic) bond motifs is 1. The summed E-state index contributed by atoms with van der Waals surface area (Å²) in [6.07, 6.45) is 0. The number of halogens is 4. The second-order valence-electron chi connectivity index (χ2n) is 4.52. The number of hydrogen-bond acceptors (Lipinski definition) is 2. The van der Waals surface area contributed by atoms with Crippen molar-refractivity contribution in [3.63, 3.8) is 0 Å². The Kier molecular flexibility index (Phi) is 4.43. The lowest BCUT2D eigenvalue weighted by atomic mass is 10.0. The summed E-state index contributed by atoms with van der Waals surface area (Å²) in [4.78, 5) is -0.258. The fourth-order valence-corrected chi connectivity index (χ4v) is 4.11. The van der Waals surface area contributed by atoms with Crippen LogP contribution in [0.2, 0.25) is 5.02 Å². The van der Waals surface area contributed by atoms with E-state index in [1.54, 1.807) is 12.1 Å². The van der Waals surface area contributed by atoms with Crippen LogP contribution in [0.5, 0.6) is 11.5 Å². The average molecular weight is 437 g/mol. The molecular formula is C15H10Br2ClFO2. The van der Waals surface area contributed by atoms with E-state index in [2.05, 4.69) is 31.9 Å². The summed E-state index contributed by atoms with van der Waals surface area (Å²) in [5.74, 6) is 0.969. The number of ether oxygens (including phenoxy) is 2. The number of benzene rings is 2. The van der Waals surface area contributed by atoms with Gasteiger partial charge >= 0.3 is 0 Å². The van der Waals surface area contributed by atoms with Crippen molar-refractivity contribution in [3.8, 4) is 11.5 Å². The van der Waals surface area contributed by atoms with Crippen molar-refractivity contribution >= 4 is 43.5 Å². The van der Waals surface area contributed by atoms with Gasteiger partial charge in [0, 0.05) is 11.1 Å². The molecule has 0 aromatic heterocycles. The van der Waals surface area contributed by atoms with Crippen molar-refractivity contribution in [2.75, 3.05) is 13.2 Å². The Labute approximate surface area is 143 Å². The molecule has 2 aromatic rings. The second kappa shape index (κ2) is 6.15. The van der Waals surface area contributed by atoms with Crippen LogP contribution in [0.25, 0.3) is 0 Å². The SMILES string of the molecule is Fc1cccc(C(Br)c2cc3c(cc2Cl)OCCO3)c1Br. The molecule has 0 aliphatic carbocycles. The molecule has 3 rings (SSSR count). The summed E-state index contributed by atoms with van der Waals surface area (Å²) in [7, 11) is 0. The zero-order valence-electron chi connectivity index (χ0n) is 10.7. The van der Waals surface area contributed by atoms with Gasteiger partial charge in [-0.3, -0.25) is 0 Å². The molecule has 1 aliphatic heterocycles. The molecular weight excluding hydrogens is 426 g/mol. The molecule has 110 valence electrons. The van der Waals surface area contributed by atoms with E-state index < -0.39 is 0 Å². The van der Waals surface area contributed by atoms with Gasteiger partial charge in [0.05, 0.1) is 9.30 Å². The highest BCUT2D eigenvalue weighted by Gasteiger charge is 2.22. The van der Waals surface area contributed by atoms with E-state index in [4.69, 9.17) is 21.1 Å². The zero-order valence-corrected chi connectivity index (χ0v) is 14.6. The Hall–Kier alpha value is -0.780. The molecule has 0 fully saturated rings. The lowest BCUT2D eigenvalue weighted by molar-refractivity contribution is 0.171. The van der Waals surface area contributed by atoms with E-state index in [1.165, 1.54) is 6.07 Å². The van der Waals surface area contributed by atoms with Crippen LogP contribution in [-0.2, 0) is 0 Å². The Balaban J connectivity index is 2.05. The van der Waals surface area contributed by atoms with E-state index in [0.29, 0.717) is 34.2 Å². The molecule has 21 heavy (non-hydrogen) atoms. The Morgan fingerprint density at radius 1 is 1.10 bits per heavy atom. The largest absolute Gasteiger partial charge is 0.486 e. The molecule has 1 aliphatic rings. The van der Waals surface area contributed by atoms with Crippen LogP contribution in [-0.4, -0.2) is 13.2 Å².